The zero-order chi connectivity index (χ0) is 27.3. The quantitative estimate of drug-likeness (QED) is 0.438. The van der Waals surface area contributed by atoms with Gasteiger partial charge in [-0.05, 0) is 66.4 Å². The van der Waals surface area contributed by atoms with Gasteiger partial charge in [0.15, 0.2) is 11.5 Å². The van der Waals surface area contributed by atoms with Crippen molar-refractivity contribution in [3.63, 3.8) is 0 Å². The smallest absolute Gasteiger partial charge is 0.454 e. The van der Waals surface area contributed by atoms with Gasteiger partial charge in [0.2, 0.25) is 22.7 Å². The first kappa shape index (κ1) is 25.9. The second-order valence-electron chi connectivity index (χ2n) is 9.18. The SMILES string of the molecule is CN(C)S(=O)(=O)c1cccc(-c2cc(NC(=O)C3(c4ccc5c(c4)OCO5)CC3)ccc2OC(F)(F)F)c1.[HH]. The lowest BCUT2D eigenvalue weighted by atomic mass is 9.94. The van der Waals surface area contributed by atoms with Gasteiger partial charge in [0.05, 0.1) is 10.3 Å². The van der Waals surface area contributed by atoms with E-state index < -0.39 is 27.6 Å². The summed E-state index contributed by atoms with van der Waals surface area (Å²) in [5, 5.41) is 2.80. The van der Waals surface area contributed by atoms with E-state index in [-0.39, 0.29) is 35.8 Å². The summed E-state index contributed by atoms with van der Waals surface area (Å²) in [6.45, 7) is 0.101. The lowest BCUT2D eigenvalue weighted by Crippen LogP contribution is -2.27. The molecule has 5 rings (SSSR count). The summed E-state index contributed by atoms with van der Waals surface area (Å²) < 4.78 is 80.6. The molecule has 0 aromatic heterocycles. The number of sulfonamides is 1. The lowest BCUT2D eigenvalue weighted by Gasteiger charge is -2.19. The third kappa shape index (κ3) is 4.88. The lowest BCUT2D eigenvalue weighted by molar-refractivity contribution is -0.274. The number of alkyl halides is 3. The number of nitrogens with one attached hydrogen (secondary N) is 1. The molecular formula is C26H25F3N2O6S. The van der Waals surface area contributed by atoms with Crippen LogP contribution in [-0.2, 0) is 20.2 Å². The standard InChI is InChI=1S/C26H23F3N2O6S.H2/c1-31(2)38(33,34)19-5-3-4-16(12-19)20-14-18(7-9-21(20)37-26(27,28)29)30-24(32)25(10-11-25)17-6-8-22-23(13-17)36-15-35-22;/h3-9,12-14H,10-11,15H2,1-2H3,(H,30,32);1H. The number of carbonyl (C=O) groups is 1. The molecule has 202 valence electrons. The molecule has 1 heterocycles. The molecule has 0 radical (unpaired) electrons. The van der Waals surface area contributed by atoms with Gasteiger partial charge in [-0.3, -0.25) is 4.79 Å². The number of ether oxygens (including phenoxy) is 3. The average Bonchev–Trinajstić information content (AvgIpc) is 3.55. The minimum absolute atomic E-state index is 0. The van der Waals surface area contributed by atoms with E-state index in [1.165, 1.54) is 50.5 Å². The number of anilines is 1. The van der Waals surface area contributed by atoms with Crippen LogP contribution < -0.4 is 19.5 Å². The molecule has 0 bridgehead atoms. The van der Waals surface area contributed by atoms with E-state index in [0.29, 0.717) is 24.3 Å². The number of hydrogen-bond donors (Lipinski definition) is 1. The van der Waals surface area contributed by atoms with Crippen LogP contribution in [0.2, 0.25) is 0 Å². The van der Waals surface area contributed by atoms with E-state index in [0.717, 1.165) is 15.9 Å². The molecule has 8 nitrogen and oxygen atoms in total. The number of nitrogens with zero attached hydrogens (tertiary/aromatic N) is 1. The van der Waals surface area contributed by atoms with Crippen LogP contribution in [0.25, 0.3) is 11.1 Å². The molecule has 3 aromatic carbocycles. The van der Waals surface area contributed by atoms with Gasteiger partial charge in [0, 0.05) is 26.8 Å². The Balaban J connectivity index is 0.00000353. The molecule has 38 heavy (non-hydrogen) atoms. The topological polar surface area (TPSA) is 94.2 Å². The summed E-state index contributed by atoms with van der Waals surface area (Å²) in [6, 6.07) is 14.5. The van der Waals surface area contributed by atoms with Crippen molar-refractivity contribution in [2.75, 3.05) is 26.2 Å². The minimum Gasteiger partial charge on any atom is -0.454 e. The van der Waals surface area contributed by atoms with Gasteiger partial charge in [-0.25, -0.2) is 12.7 Å². The molecule has 1 fully saturated rings. The predicted octanol–water partition coefficient (Wildman–Crippen LogP) is 5.15. The first-order valence-corrected chi connectivity index (χ1v) is 13.0. The van der Waals surface area contributed by atoms with E-state index in [1.807, 2.05) is 0 Å². The Kier molecular flexibility index (Phi) is 6.27. The maximum absolute atomic E-state index is 13.3. The van der Waals surface area contributed by atoms with Crippen molar-refractivity contribution in [2.45, 2.75) is 29.5 Å². The molecule has 1 N–H and O–H groups in total. The highest BCUT2D eigenvalue weighted by Crippen LogP contribution is 2.51. The summed E-state index contributed by atoms with van der Waals surface area (Å²) in [4.78, 5) is 13.2. The molecular weight excluding hydrogens is 525 g/mol. The van der Waals surface area contributed by atoms with Crippen molar-refractivity contribution in [1.82, 2.24) is 4.31 Å². The molecule has 3 aromatic rings. The van der Waals surface area contributed by atoms with Crippen LogP contribution in [0.4, 0.5) is 18.9 Å². The first-order valence-electron chi connectivity index (χ1n) is 11.5. The monoisotopic (exact) mass is 550 g/mol. The van der Waals surface area contributed by atoms with E-state index >= 15 is 0 Å². The van der Waals surface area contributed by atoms with E-state index in [1.54, 1.807) is 18.2 Å². The zero-order valence-corrected chi connectivity index (χ0v) is 21.2. The van der Waals surface area contributed by atoms with Crippen molar-refractivity contribution in [1.29, 1.82) is 0 Å². The Morgan fingerprint density at radius 2 is 1.76 bits per heavy atom. The summed E-state index contributed by atoms with van der Waals surface area (Å²) >= 11 is 0. The summed E-state index contributed by atoms with van der Waals surface area (Å²) in [5.41, 5.74) is 0.302. The van der Waals surface area contributed by atoms with Gasteiger partial charge in [0.1, 0.15) is 5.75 Å². The first-order chi connectivity index (χ1) is 17.9. The maximum Gasteiger partial charge on any atom is 0.573 e. The number of amides is 1. The summed E-state index contributed by atoms with van der Waals surface area (Å²) in [7, 11) is -1.15. The van der Waals surface area contributed by atoms with Gasteiger partial charge in [-0.15, -0.1) is 13.2 Å². The number of hydrogen-bond acceptors (Lipinski definition) is 6. The number of carbonyl (C=O) groups excluding carboxylic acids is 1. The van der Waals surface area contributed by atoms with Crippen molar-refractivity contribution in [2.24, 2.45) is 0 Å². The largest absolute Gasteiger partial charge is 0.573 e. The van der Waals surface area contributed by atoms with E-state index in [2.05, 4.69) is 10.1 Å². The Bertz CT molecular complexity index is 1520. The van der Waals surface area contributed by atoms with Gasteiger partial charge in [-0.2, -0.15) is 0 Å². The second-order valence-corrected chi connectivity index (χ2v) is 11.3. The van der Waals surface area contributed by atoms with Crippen LogP contribution in [0, 0.1) is 0 Å². The highest BCUT2D eigenvalue weighted by atomic mass is 32.2. The minimum atomic E-state index is -4.98. The number of rotatable bonds is 7. The molecule has 1 aliphatic heterocycles. The average molecular weight is 551 g/mol. The fourth-order valence-electron chi connectivity index (χ4n) is 4.30. The van der Waals surface area contributed by atoms with Crippen molar-refractivity contribution in [3.8, 4) is 28.4 Å². The summed E-state index contributed by atoms with van der Waals surface area (Å²) in [5.74, 6) is 0.279. The fourth-order valence-corrected chi connectivity index (χ4v) is 5.25. The van der Waals surface area contributed by atoms with Gasteiger partial charge < -0.3 is 19.5 Å². The molecule has 1 amide bonds. The van der Waals surface area contributed by atoms with Crippen LogP contribution in [0.5, 0.6) is 17.2 Å². The van der Waals surface area contributed by atoms with E-state index in [9.17, 15) is 26.4 Å². The molecule has 0 spiro atoms. The van der Waals surface area contributed by atoms with Crippen LogP contribution in [-0.4, -0.2) is 45.9 Å². The van der Waals surface area contributed by atoms with E-state index in [4.69, 9.17) is 9.47 Å². The fraction of sp³-hybridized carbons (Fsp3) is 0.269. The molecule has 12 heteroatoms. The number of halogens is 3. The third-order valence-corrected chi connectivity index (χ3v) is 8.31. The number of fused-ring (bicyclic) bond motifs is 1. The van der Waals surface area contributed by atoms with Gasteiger partial charge in [0.25, 0.3) is 0 Å². The molecule has 1 saturated carbocycles. The van der Waals surface area contributed by atoms with Crippen molar-refractivity contribution in [3.05, 3.63) is 66.2 Å². The van der Waals surface area contributed by atoms with Gasteiger partial charge in [-0.1, -0.05) is 18.2 Å². The Morgan fingerprint density at radius 3 is 2.45 bits per heavy atom. The Hall–Kier alpha value is -3.77. The van der Waals surface area contributed by atoms with Crippen LogP contribution >= 0.6 is 0 Å². The highest BCUT2D eigenvalue weighted by Gasteiger charge is 2.51. The molecule has 0 saturated heterocycles. The Labute approximate surface area is 218 Å². The third-order valence-electron chi connectivity index (χ3n) is 6.50. The normalized spacial score (nSPS) is 15.8. The molecule has 0 atom stereocenters. The molecule has 2 aliphatic rings. The highest BCUT2D eigenvalue weighted by molar-refractivity contribution is 7.89. The molecule has 1 aliphatic carbocycles. The van der Waals surface area contributed by atoms with Gasteiger partial charge >= 0.3 is 6.36 Å². The number of benzene rings is 3. The van der Waals surface area contributed by atoms with Crippen LogP contribution in [0.15, 0.2) is 65.6 Å². The second kappa shape index (κ2) is 9.21. The summed E-state index contributed by atoms with van der Waals surface area (Å²) in [6.07, 6.45) is -3.81. The Morgan fingerprint density at radius 1 is 1.03 bits per heavy atom. The zero-order valence-electron chi connectivity index (χ0n) is 20.3. The van der Waals surface area contributed by atoms with Crippen molar-refractivity contribution < 1.29 is 42.0 Å². The van der Waals surface area contributed by atoms with Crippen molar-refractivity contribution >= 4 is 21.6 Å². The van der Waals surface area contributed by atoms with Crippen LogP contribution in [0.3, 0.4) is 0 Å². The molecule has 0 unspecified atom stereocenters. The van der Waals surface area contributed by atoms with Crippen LogP contribution in [0.1, 0.15) is 19.8 Å². The predicted molar refractivity (Wildman–Crippen MR) is 134 cm³/mol. The maximum atomic E-state index is 13.3.